The fourth-order valence-corrected chi connectivity index (χ4v) is 1.08. The van der Waals surface area contributed by atoms with Crippen molar-refractivity contribution in [3.63, 3.8) is 0 Å². The molecular weight excluding hydrogens is 200 g/mol. The average molecular weight is 216 g/mol. The van der Waals surface area contributed by atoms with Gasteiger partial charge in [0.05, 0.1) is 6.20 Å². The SMILES string of the molecule is CC.Nc1ccc(Oc2cccnc2)cc1. The van der Waals surface area contributed by atoms with Crippen LogP contribution in [-0.2, 0) is 0 Å². The summed E-state index contributed by atoms with van der Waals surface area (Å²) in [7, 11) is 0. The molecule has 0 saturated carbocycles. The molecule has 0 radical (unpaired) electrons. The Labute approximate surface area is 95.9 Å². The highest BCUT2D eigenvalue weighted by Crippen LogP contribution is 2.20. The predicted molar refractivity (Wildman–Crippen MR) is 66.5 cm³/mol. The van der Waals surface area contributed by atoms with Crippen molar-refractivity contribution in [2.24, 2.45) is 0 Å². The van der Waals surface area contributed by atoms with Gasteiger partial charge >= 0.3 is 0 Å². The third-order valence-corrected chi connectivity index (χ3v) is 1.75. The molecule has 1 heterocycles. The Morgan fingerprint density at radius 1 is 1.00 bits per heavy atom. The van der Waals surface area contributed by atoms with Crippen LogP contribution in [-0.4, -0.2) is 4.98 Å². The molecule has 1 aromatic carbocycles. The van der Waals surface area contributed by atoms with Crippen molar-refractivity contribution in [1.29, 1.82) is 0 Å². The number of aromatic nitrogens is 1. The normalized spacial score (nSPS) is 8.88. The lowest BCUT2D eigenvalue weighted by Crippen LogP contribution is -1.86. The fraction of sp³-hybridized carbons (Fsp3) is 0.154. The van der Waals surface area contributed by atoms with E-state index in [1.165, 1.54) is 0 Å². The number of pyridine rings is 1. The van der Waals surface area contributed by atoms with Crippen molar-refractivity contribution in [2.45, 2.75) is 13.8 Å². The number of ether oxygens (including phenoxy) is 1. The van der Waals surface area contributed by atoms with Gasteiger partial charge in [-0.05, 0) is 36.4 Å². The summed E-state index contributed by atoms with van der Waals surface area (Å²) >= 11 is 0. The van der Waals surface area contributed by atoms with Gasteiger partial charge in [0.2, 0.25) is 0 Å². The predicted octanol–water partition coefficient (Wildman–Crippen LogP) is 3.48. The molecule has 3 heteroatoms. The van der Waals surface area contributed by atoms with Crippen molar-refractivity contribution in [1.82, 2.24) is 4.98 Å². The number of nitrogen functional groups attached to an aromatic ring is 1. The number of anilines is 1. The molecule has 0 saturated heterocycles. The Morgan fingerprint density at radius 2 is 1.69 bits per heavy atom. The molecular formula is C13H16N2O. The quantitative estimate of drug-likeness (QED) is 0.782. The molecule has 0 aliphatic rings. The molecule has 0 amide bonds. The molecule has 0 aliphatic carbocycles. The maximum Gasteiger partial charge on any atom is 0.145 e. The summed E-state index contributed by atoms with van der Waals surface area (Å²) in [5, 5.41) is 0. The summed E-state index contributed by atoms with van der Waals surface area (Å²) in [6.07, 6.45) is 3.37. The second kappa shape index (κ2) is 6.45. The molecule has 0 unspecified atom stereocenters. The number of nitrogens with zero attached hydrogens (tertiary/aromatic N) is 1. The molecule has 16 heavy (non-hydrogen) atoms. The Hall–Kier alpha value is -2.03. The topological polar surface area (TPSA) is 48.1 Å². The molecule has 1 aromatic heterocycles. The van der Waals surface area contributed by atoms with Crippen LogP contribution in [0.5, 0.6) is 11.5 Å². The van der Waals surface area contributed by atoms with Gasteiger partial charge in [0, 0.05) is 11.9 Å². The van der Waals surface area contributed by atoms with Crippen LogP contribution in [0.15, 0.2) is 48.8 Å². The summed E-state index contributed by atoms with van der Waals surface area (Å²) in [5.41, 5.74) is 6.28. The van der Waals surface area contributed by atoms with E-state index in [2.05, 4.69) is 4.98 Å². The van der Waals surface area contributed by atoms with Crippen LogP contribution in [0.1, 0.15) is 13.8 Å². The number of rotatable bonds is 2. The van der Waals surface area contributed by atoms with Gasteiger partial charge in [-0.15, -0.1) is 0 Å². The van der Waals surface area contributed by atoms with Gasteiger partial charge in [-0.2, -0.15) is 0 Å². The largest absolute Gasteiger partial charge is 0.456 e. The summed E-state index contributed by atoms with van der Waals surface area (Å²) in [5.74, 6) is 1.48. The standard InChI is InChI=1S/C11H10N2O.C2H6/c12-9-3-5-10(6-4-9)14-11-2-1-7-13-8-11;1-2/h1-8H,12H2;1-2H3. The van der Waals surface area contributed by atoms with Crippen LogP contribution >= 0.6 is 0 Å². The van der Waals surface area contributed by atoms with Gasteiger partial charge in [-0.25, -0.2) is 0 Å². The minimum Gasteiger partial charge on any atom is -0.456 e. The highest BCUT2D eigenvalue weighted by atomic mass is 16.5. The van der Waals surface area contributed by atoms with Gasteiger partial charge in [-0.1, -0.05) is 13.8 Å². The zero-order chi connectivity index (χ0) is 11.8. The second-order valence-electron chi connectivity index (χ2n) is 2.86. The molecule has 0 aliphatic heterocycles. The minimum atomic E-state index is 0.720. The van der Waals surface area contributed by atoms with Gasteiger partial charge < -0.3 is 10.5 Å². The van der Waals surface area contributed by atoms with Crippen molar-refractivity contribution in [3.8, 4) is 11.5 Å². The third-order valence-electron chi connectivity index (χ3n) is 1.75. The maximum absolute atomic E-state index is 5.55. The van der Waals surface area contributed by atoms with E-state index >= 15 is 0 Å². The van der Waals surface area contributed by atoms with Gasteiger partial charge in [-0.3, -0.25) is 4.98 Å². The molecule has 2 aromatic rings. The first kappa shape index (κ1) is 12.0. The lowest BCUT2D eigenvalue weighted by atomic mass is 10.3. The molecule has 3 nitrogen and oxygen atoms in total. The molecule has 84 valence electrons. The maximum atomic E-state index is 5.55. The average Bonchev–Trinajstić information content (AvgIpc) is 2.36. The van der Waals surface area contributed by atoms with E-state index in [0.717, 1.165) is 17.2 Å². The van der Waals surface area contributed by atoms with Crippen molar-refractivity contribution in [2.75, 3.05) is 5.73 Å². The minimum absolute atomic E-state index is 0.720. The van der Waals surface area contributed by atoms with E-state index in [0.29, 0.717) is 0 Å². The van der Waals surface area contributed by atoms with Crippen LogP contribution in [0.3, 0.4) is 0 Å². The lowest BCUT2D eigenvalue weighted by Gasteiger charge is -2.04. The van der Waals surface area contributed by atoms with Gasteiger partial charge in [0.1, 0.15) is 11.5 Å². The summed E-state index contributed by atoms with van der Waals surface area (Å²) < 4.78 is 5.52. The van der Waals surface area contributed by atoms with E-state index in [4.69, 9.17) is 10.5 Å². The molecule has 0 bridgehead atoms. The highest BCUT2D eigenvalue weighted by molar-refractivity contribution is 5.42. The highest BCUT2D eigenvalue weighted by Gasteiger charge is 1.95. The summed E-state index contributed by atoms with van der Waals surface area (Å²) in [6.45, 7) is 4.00. The first-order valence-corrected chi connectivity index (χ1v) is 5.28. The molecule has 2 N–H and O–H groups in total. The number of hydrogen-bond acceptors (Lipinski definition) is 3. The van der Waals surface area contributed by atoms with E-state index in [9.17, 15) is 0 Å². The Bertz CT molecular complexity index is 398. The van der Waals surface area contributed by atoms with E-state index in [1.54, 1.807) is 24.5 Å². The van der Waals surface area contributed by atoms with Gasteiger partial charge in [0.25, 0.3) is 0 Å². The van der Waals surface area contributed by atoms with Crippen molar-refractivity contribution >= 4 is 5.69 Å². The molecule has 0 spiro atoms. The van der Waals surface area contributed by atoms with Crippen molar-refractivity contribution < 1.29 is 4.74 Å². The third kappa shape index (κ3) is 3.61. The fourth-order valence-electron chi connectivity index (χ4n) is 1.08. The Balaban J connectivity index is 0.000000606. The molecule has 0 fully saturated rings. The van der Waals surface area contributed by atoms with Crippen LogP contribution < -0.4 is 10.5 Å². The van der Waals surface area contributed by atoms with E-state index in [1.807, 2.05) is 38.1 Å². The Morgan fingerprint density at radius 3 is 2.25 bits per heavy atom. The summed E-state index contributed by atoms with van der Waals surface area (Å²) in [6, 6.07) is 10.9. The zero-order valence-corrected chi connectivity index (χ0v) is 9.55. The van der Waals surface area contributed by atoms with E-state index < -0.39 is 0 Å². The first-order valence-electron chi connectivity index (χ1n) is 5.28. The van der Waals surface area contributed by atoms with Crippen molar-refractivity contribution in [3.05, 3.63) is 48.8 Å². The smallest absolute Gasteiger partial charge is 0.145 e. The number of nitrogens with two attached hydrogens (primary N) is 1. The van der Waals surface area contributed by atoms with Crippen LogP contribution in [0.25, 0.3) is 0 Å². The molecule has 2 rings (SSSR count). The zero-order valence-electron chi connectivity index (χ0n) is 9.55. The lowest BCUT2D eigenvalue weighted by molar-refractivity contribution is 0.480. The van der Waals surface area contributed by atoms with Crippen LogP contribution in [0.2, 0.25) is 0 Å². The van der Waals surface area contributed by atoms with Gasteiger partial charge in [0.15, 0.2) is 0 Å². The first-order chi connectivity index (χ1) is 7.84. The van der Waals surface area contributed by atoms with Crippen LogP contribution in [0.4, 0.5) is 5.69 Å². The summed E-state index contributed by atoms with van der Waals surface area (Å²) in [4.78, 5) is 3.95. The molecule has 0 atom stereocenters. The monoisotopic (exact) mass is 216 g/mol. The van der Waals surface area contributed by atoms with E-state index in [-0.39, 0.29) is 0 Å². The number of hydrogen-bond donors (Lipinski definition) is 1. The second-order valence-corrected chi connectivity index (χ2v) is 2.86. The number of benzene rings is 1. The van der Waals surface area contributed by atoms with Crippen LogP contribution in [0, 0.1) is 0 Å². The Kier molecular flexibility index (Phi) is 4.86.